The number of imide groups is 1. The minimum Gasteiger partial charge on any atom is -0.490 e. The number of amides is 3. The SMILES string of the molecule is CCNC(=O)NC(=O)[C@H](C)Sc1ccc2c(c1)OCCCO2. The number of urea groups is 1. The lowest BCUT2D eigenvalue weighted by molar-refractivity contribution is -0.119. The molecule has 7 heteroatoms. The van der Waals surface area contributed by atoms with Crippen LogP contribution >= 0.6 is 11.8 Å². The number of nitrogens with one attached hydrogen (secondary N) is 2. The van der Waals surface area contributed by atoms with Gasteiger partial charge in [-0.2, -0.15) is 0 Å². The van der Waals surface area contributed by atoms with Gasteiger partial charge in [-0.1, -0.05) is 0 Å². The molecule has 0 spiro atoms. The summed E-state index contributed by atoms with van der Waals surface area (Å²) in [6.45, 7) is 5.28. The van der Waals surface area contributed by atoms with Gasteiger partial charge >= 0.3 is 6.03 Å². The molecule has 0 aliphatic carbocycles. The van der Waals surface area contributed by atoms with Gasteiger partial charge < -0.3 is 14.8 Å². The van der Waals surface area contributed by atoms with Crippen molar-refractivity contribution in [2.45, 2.75) is 30.4 Å². The zero-order valence-electron chi connectivity index (χ0n) is 12.7. The smallest absolute Gasteiger partial charge is 0.321 e. The molecule has 0 bridgehead atoms. The zero-order chi connectivity index (χ0) is 15.9. The molecule has 1 aromatic carbocycles. The molecule has 3 amide bonds. The monoisotopic (exact) mass is 324 g/mol. The molecule has 120 valence electrons. The lowest BCUT2D eigenvalue weighted by Crippen LogP contribution is -2.42. The minimum absolute atomic E-state index is 0.330. The van der Waals surface area contributed by atoms with Crippen molar-refractivity contribution in [1.82, 2.24) is 10.6 Å². The molecule has 0 fully saturated rings. The van der Waals surface area contributed by atoms with Gasteiger partial charge in [0.25, 0.3) is 0 Å². The fourth-order valence-corrected chi connectivity index (χ4v) is 2.79. The van der Waals surface area contributed by atoms with Crippen LogP contribution in [0.15, 0.2) is 23.1 Å². The van der Waals surface area contributed by atoms with Crippen LogP contribution in [0.1, 0.15) is 20.3 Å². The summed E-state index contributed by atoms with van der Waals surface area (Å²) in [7, 11) is 0. The van der Waals surface area contributed by atoms with Crippen molar-refractivity contribution in [1.29, 1.82) is 0 Å². The molecular formula is C15H20N2O4S. The van der Waals surface area contributed by atoms with Crippen LogP contribution in [0.2, 0.25) is 0 Å². The molecular weight excluding hydrogens is 304 g/mol. The topological polar surface area (TPSA) is 76.7 Å². The quantitative estimate of drug-likeness (QED) is 0.830. The van der Waals surface area contributed by atoms with Crippen LogP contribution in [0.25, 0.3) is 0 Å². The number of thioether (sulfide) groups is 1. The average Bonchev–Trinajstić information content (AvgIpc) is 2.72. The molecule has 22 heavy (non-hydrogen) atoms. The van der Waals surface area contributed by atoms with Gasteiger partial charge in [0.15, 0.2) is 11.5 Å². The maximum atomic E-state index is 11.9. The first kappa shape index (κ1) is 16.5. The fraction of sp³-hybridized carbons (Fsp3) is 0.467. The Bertz CT molecular complexity index is 550. The lowest BCUT2D eigenvalue weighted by atomic mass is 10.3. The largest absolute Gasteiger partial charge is 0.490 e. The van der Waals surface area contributed by atoms with E-state index in [0.717, 1.165) is 17.1 Å². The Kier molecular flexibility index (Phi) is 5.94. The number of rotatable bonds is 4. The molecule has 1 aliphatic rings. The van der Waals surface area contributed by atoms with Crippen molar-refractivity contribution in [2.24, 2.45) is 0 Å². The molecule has 0 radical (unpaired) electrons. The van der Waals surface area contributed by atoms with Crippen LogP contribution < -0.4 is 20.1 Å². The summed E-state index contributed by atoms with van der Waals surface area (Å²) >= 11 is 1.36. The summed E-state index contributed by atoms with van der Waals surface area (Å²) in [6.07, 6.45) is 0.850. The predicted molar refractivity (Wildman–Crippen MR) is 84.6 cm³/mol. The molecule has 1 aliphatic heterocycles. The van der Waals surface area contributed by atoms with Crippen molar-refractivity contribution in [3.63, 3.8) is 0 Å². The van der Waals surface area contributed by atoms with E-state index in [-0.39, 0.29) is 5.91 Å². The Morgan fingerprint density at radius 2 is 2.00 bits per heavy atom. The molecule has 1 aromatic rings. The number of carbonyl (C=O) groups excluding carboxylic acids is 2. The average molecular weight is 324 g/mol. The van der Waals surface area contributed by atoms with E-state index in [9.17, 15) is 9.59 Å². The van der Waals surface area contributed by atoms with Crippen LogP contribution in [0.3, 0.4) is 0 Å². The zero-order valence-corrected chi connectivity index (χ0v) is 13.5. The third-order valence-electron chi connectivity index (χ3n) is 2.98. The summed E-state index contributed by atoms with van der Waals surface area (Å²) in [4.78, 5) is 24.2. The molecule has 0 saturated heterocycles. The Balaban J connectivity index is 1.96. The maximum Gasteiger partial charge on any atom is 0.321 e. The number of hydrogen-bond acceptors (Lipinski definition) is 5. The highest BCUT2D eigenvalue weighted by Gasteiger charge is 2.18. The summed E-state index contributed by atoms with van der Waals surface area (Å²) in [5.41, 5.74) is 0. The van der Waals surface area contributed by atoms with Crippen LogP contribution in [0.5, 0.6) is 11.5 Å². The molecule has 2 rings (SSSR count). The first-order chi connectivity index (χ1) is 10.6. The summed E-state index contributed by atoms with van der Waals surface area (Å²) in [5, 5.41) is 4.44. The van der Waals surface area contributed by atoms with E-state index in [4.69, 9.17) is 9.47 Å². The summed E-state index contributed by atoms with van der Waals surface area (Å²) < 4.78 is 11.2. The van der Waals surface area contributed by atoms with Gasteiger partial charge in [0.1, 0.15) is 0 Å². The van der Waals surface area contributed by atoms with Crippen LogP contribution in [-0.2, 0) is 4.79 Å². The van der Waals surface area contributed by atoms with Crippen molar-refractivity contribution in [3.05, 3.63) is 18.2 Å². The third-order valence-corrected chi connectivity index (χ3v) is 4.07. The molecule has 0 aromatic heterocycles. The van der Waals surface area contributed by atoms with E-state index in [2.05, 4.69) is 10.6 Å². The van der Waals surface area contributed by atoms with E-state index in [0.29, 0.717) is 25.5 Å². The van der Waals surface area contributed by atoms with Crippen molar-refractivity contribution < 1.29 is 19.1 Å². The minimum atomic E-state index is -0.474. The van der Waals surface area contributed by atoms with E-state index in [1.54, 1.807) is 13.8 Å². The van der Waals surface area contributed by atoms with E-state index >= 15 is 0 Å². The van der Waals surface area contributed by atoms with E-state index in [1.165, 1.54) is 11.8 Å². The Morgan fingerprint density at radius 1 is 1.27 bits per heavy atom. The van der Waals surface area contributed by atoms with Crippen LogP contribution in [-0.4, -0.2) is 36.9 Å². The predicted octanol–water partition coefficient (Wildman–Crippen LogP) is 2.17. The van der Waals surface area contributed by atoms with E-state index in [1.807, 2.05) is 18.2 Å². The Morgan fingerprint density at radius 3 is 2.73 bits per heavy atom. The standard InChI is InChI=1S/C15H20N2O4S/c1-3-16-15(19)17-14(18)10(2)22-11-5-6-12-13(9-11)21-8-4-7-20-12/h5-6,9-10H,3-4,7-8H2,1-2H3,(H2,16,17,18,19)/t10-/m0/s1. The third kappa shape index (κ3) is 4.56. The first-order valence-electron chi connectivity index (χ1n) is 7.25. The Labute approximate surface area is 133 Å². The second kappa shape index (κ2) is 7.93. The van der Waals surface area contributed by atoms with Crippen molar-refractivity contribution in [3.8, 4) is 11.5 Å². The van der Waals surface area contributed by atoms with Gasteiger partial charge in [0, 0.05) is 17.9 Å². The van der Waals surface area contributed by atoms with Gasteiger partial charge in [-0.15, -0.1) is 11.8 Å². The molecule has 6 nitrogen and oxygen atoms in total. The Hall–Kier alpha value is -1.89. The van der Waals surface area contributed by atoms with Gasteiger partial charge in [0.05, 0.1) is 18.5 Å². The summed E-state index contributed by atoms with van der Waals surface area (Å²) in [5.74, 6) is 1.09. The van der Waals surface area contributed by atoms with Gasteiger partial charge in [0.2, 0.25) is 5.91 Å². The number of carbonyl (C=O) groups is 2. The first-order valence-corrected chi connectivity index (χ1v) is 8.13. The number of fused-ring (bicyclic) bond motifs is 1. The highest BCUT2D eigenvalue weighted by atomic mass is 32.2. The number of benzene rings is 1. The molecule has 0 saturated carbocycles. The number of hydrogen-bond donors (Lipinski definition) is 2. The van der Waals surface area contributed by atoms with Crippen LogP contribution in [0, 0.1) is 0 Å². The highest BCUT2D eigenvalue weighted by molar-refractivity contribution is 8.00. The second-order valence-corrected chi connectivity index (χ2v) is 6.18. The number of ether oxygens (including phenoxy) is 2. The molecule has 2 N–H and O–H groups in total. The molecule has 1 atom stereocenters. The normalized spacial score (nSPS) is 14.6. The van der Waals surface area contributed by atoms with Crippen molar-refractivity contribution in [2.75, 3.05) is 19.8 Å². The van der Waals surface area contributed by atoms with Gasteiger partial charge in [-0.25, -0.2) is 4.79 Å². The van der Waals surface area contributed by atoms with E-state index < -0.39 is 11.3 Å². The fourth-order valence-electron chi connectivity index (χ4n) is 1.89. The molecule has 0 unspecified atom stereocenters. The second-order valence-electron chi connectivity index (χ2n) is 4.77. The van der Waals surface area contributed by atoms with Gasteiger partial charge in [-0.05, 0) is 32.0 Å². The van der Waals surface area contributed by atoms with Gasteiger partial charge in [-0.3, -0.25) is 10.1 Å². The molecule has 1 heterocycles. The maximum absolute atomic E-state index is 11.9. The van der Waals surface area contributed by atoms with Crippen LogP contribution in [0.4, 0.5) is 4.79 Å². The van der Waals surface area contributed by atoms with Crippen molar-refractivity contribution >= 4 is 23.7 Å². The highest BCUT2D eigenvalue weighted by Crippen LogP contribution is 2.35. The lowest BCUT2D eigenvalue weighted by Gasteiger charge is -2.13. The summed E-state index contributed by atoms with van der Waals surface area (Å²) in [6, 6.07) is 5.12.